The molecule has 6 nitrogen and oxygen atoms in total. The van der Waals surface area contributed by atoms with Crippen LogP contribution in [0.15, 0.2) is 24.3 Å². The number of carbonyl (C=O) groups excluding carboxylic acids is 2. The summed E-state index contributed by atoms with van der Waals surface area (Å²) in [5, 5.41) is 0. The van der Waals surface area contributed by atoms with Crippen molar-refractivity contribution < 1.29 is 28.5 Å². The predicted molar refractivity (Wildman–Crippen MR) is 70.3 cm³/mol. The van der Waals surface area contributed by atoms with Crippen molar-refractivity contribution in [3.8, 4) is 5.75 Å². The van der Waals surface area contributed by atoms with Crippen LogP contribution < -0.4 is 4.74 Å². The Morgan fingerprint density at radius 1 is 1.10 bits per heavy atom. The molecule has 0 N–H and O–H groups in total. The first-order chi connectivity index (χ1) is 9.50. The molecule has 0 saturated heterocycles. The van der Waals surface area contributed by atoms with Crippen molar-refractivity contribution >= 4 is 11.9 Å². The van der Waals surface area contributed by atoms with E-state index in [0.29, 0.717) is 11.3 Å². The van der Waals surface area contributed by atoms with Crippen molar-refractivity contribution in [1.29, 1.82) is 0 Å². The maximum Gasteiger partial charge on any atom is 0.327 e. The summed E-state index contributed by atoms with van der Waals surface area (Å²) < 4.78 is 19.5. The summed E-state index contributed by atoms with van der Waals surface area (Å²) in [5.41, 5.74) is -1.12. The molecule has 0 aromatic heterocycles. The summed E-state index contributed by atoms with van der Waals surface area (Å²) in [6.45, 7) is 1.51. The van der Waals surface area contributed by atoms with Crippen LogP contribution in [0.4, 0.5) is 0 Å². The van der Waals surface area contributed by atoms with E-state index in [9.17, 15) is 9.59 Å². The fourth-order valence-corrected chi connectivity index (χ4v) is 1.75. The smallest absolute Gasteiger partial charge is 0.327 e. The molecule has 0 aliphatic rings. The molecule has 1 aromatic rings. The van der Waals surface area contributed by atoms with Crippen molar-refractivity contribution in [2.24, 2.45) is 0 Å². The van der Waals surface area contributed by atoms with Gasteiger partial charge in [0.1, 0.15) is 5.75 Å². The van der Waals surface area contributed by atoms with Crippen molar-refractivity contribution in [1.82, 2.24) is 0 Å². The lowest BCUT2D eigenvalue weighted by molar-refractivity contribution is -0.160. The SMILES string of the molecule is COCOc1cccc(C(C)(C(=O)OC)C(=O)OC)c1. The second-order valence-electron chi connectivity index (χ2n) is 4.19. The van der Waals surface area contributed by atoms with E-state index in [0.717, 1.165) is 0 Å². The largest absolute Gasteiger partial charge is 0.468 e. The number of rotatable bonds is 6. The van der Waals surface area contributed by atoms with Gasteiger partial charge in [-0.15, -0.1) is 0 Å². The van der Waals surface area contributed by atoms with Crippen LogP contribution in [-0.2, 0) is 29.2 Å². The van der Waals surface area contributed by atoms with Crippen LogP contribution in [0.25, 0.3) is 0 Å². The highest BCUT2D eigenvalue weighted by Gasteiger charge is 2.45. The molecule has 20 heavy (non-hydrogen) atoms. The second-order valence-corrected chi connectivity index (χ2v) is 4.19. The molecule has 1 aromatic carbocycles. The van der Waals surface area contributed by atoms with Gasteiger partial charge in [0.05, 0.1) is 14.2 Å². The summed E-state index contributed by atoms with van der Waals surface area (Å²) in [6, 6.07) is 6.57. The molecule has 1 rings (SSSR count). The minimum atomic E-state index is -1.55. The molecule has 0 amide bonds. The number of carbonyl (C=O) groups is 2. The Morgan fingerprint density at radius 3 is 2.20 bits per heavy atom. The van der Waals surface area contributed by atoms with Crippen LogP contribution in [0.1, 0.15) is 12.5 Å². The molecule has 0 bridgehead atoms. The van der Waals surface area contributed by atoms with E-state index >= 15 is 0 Å². The van der Waals surface area contributed by atoms with Gasteiger partial charge in [0.25, 0.3) is 0 Å². The van der Waals surface area contributed by atoms with Crippen molar-refractivity contribution in [3.63, 3.8) is 0 Å². The average molecular weight is 282 g/mol. The maximum absolute atomic E-state index is 12.0. The molecule has 0 saturated carbocycles. The molecule has 0 radical (unpaired) electrons. The number of hydrogen-bond donors (Lipinski definition) is 0. The Morgan fingerprint density at radius 2 is 1.70 bits per heavy atom. The zero-order chi connectivity index (χ0) is 15.2. The van der Waals surface area contributed by atoms with Crippen LogP contribution in [0, 0.1) is 0 Å². The van der Waals surface area contributed by atoms with Gasteiger partial charge in [0.2, 0.25) is 0 Å². The van der Waals surface area contributed by atoms with Crippen LogP contribution >= 0.6 is 0 Å². The van der Waals surface area contributed by atoms with E-state index in [2.05, 4.69) is 0 Å². The first kappa shape index (κ1) is 16.0. The summed E-state index contributed by atoms with van der Waals surface area (Å²) in [4.78, 5) is 23.9. The van der Waals surface area contributed by atoms with E-state index in [1.54, 1.807) is 24.3 Å². The van der Waals surface area contributed by atoms with Gasteiger partial charge in [-0.2, -0.15) is 0 Å². The standard InChI is InChI=1S/C14H18O6/c1-14(12(15)18-3,13(16)19-4)10-6-5-7-11(8-10)20-9-17-2/h5-8H,9H2,1-4H3. The minimum Gasteiger partial charge on any atom is -0.468 e. The molecule has 0 aliphatic heterocycles. The normalized spacial score (nSPS) is 10.8. The third kappa shape index (κ3) is 3.08. The van der Waals surface area contributed by atoms with Gasteiger partial charge >= 0.3 is 11.9 Å². The van der Waals surface area contributed by atoms with Crippen molar-refractivity contribution in [2.45, 2.75) is 12.3 Å². The summed E-state index contributed by atoms with van der Waals surface area (Å²) in [7, 11) is 3.93. The lowest BCUT2D eigenvalue weighted by Gasteiger charge is -2.24. The number of ether oxygens (including phenoxy) is 4. The van der Waals surface area contributed by atoms with Crippen LogP contribution in [-0.4, -0.2) is 40.1 Å². The zero-order valence-electron chi connectivity index (χ0n) is 12.0. The third-order valence-corrected chi connectivity index (χ3v) is 2.94. The first-order valence-corrected chi connectivity index (χ1v) is 5.89. The molecule has 0 aliphatic carbocycles. The lowest BCUT2D eigenvalue weighted by Crippen LogP contribution is -2.42. The molecule has 0 spiro atoms. The van der Waals surface area contributed by atoms with Gasteiger partial charge in [-0.1, -0.05) is 12.1 Å². The quantitative estimate of drug-likeness (QED) is 0.444. The highest BCUT2D eigenvalue weighted by molar-refractivity contribution is 6.05. The number of hydrogen-bond acceptors (Lipinski definition) is 6. The number of esters is 2. The van der Waals surface area contributed by atoms with E-state index in [-0.39, 0.29) is 6.79 Å². The van der Waals surface area contributed by atoms with E-state index in [4.69, 9.17) is 18.9 Å². The van der Waals surface area contributed by atoms with Crippen LogP contribution in [0.5, 0.6) is 5.75 Å². The molecule has 0 heterocycles. The average Bonchev–Trinajstić information content (AvgIpc) is 2.50. The van der Waals surface area contributed by atoms with E-state index in [1.807, 2.05) is 0 Å². The number of benzene rings is 1. The molecular weight excluding hydrogens is 264 g/mol. The molecule has 0 atom stereocenters. The highest BCUT2D eigenvalue weighted by Crippen LogP contribution is 2.29. The molecule has 110 valence electrons. The van der Waals surface area contributed by atoms with Crippen molar-refractivity contribution in [3.05, 3.63) is 29.8 Å². The number of methoxy groups -OCH3 is 3. The van der Waals surface area contributed by atoms with Gasteiger partial charge in [-0.3, -0.25) is 9.59 Å². The van der Waals surface area contributed by atoms with Gasteiger partial charge < -0.3 is 18.9 Å². The Kier molecular flexibility index (Phi) is 5.52. The lowest BCUT2D eigenvalue weighted by atomic mass is 9.82. The molecule has 0 fully saturated rings. The molecule has 0 unspecified atom stereocenters. The minimum absolute atomic E-state index is 0.0661. The van der Waals surface area contributed by atoms with Crippen LogP contribution in [0.2, 0.25) is 0 Å². The summed E-state index contributed by atoms with van der Waals surface area (Å²) in [5.74, 6) is -0.926. The maximum atomic E-state index is 12.0. The van der Waals surface area contributed by atoms with Gasteiger partial charge in [-0.25, -0.2) is 0 Å². The summed E-state index contributed by atoms with van der Waals surface area (Å²) in [6.07, 6.45) is 0. The Labute approximate surface area is 117 Å². The Hall–Kier alpha value is -2.08. The fourth-order valence-electron chi connectivity index (χ4n) is 1.75. The predicted octanol–water partition coefficient (Wildman–Crippen LogP) is 1.27. The fraction of sp³-hybridized carbons (Fsp3) is 0.429. The topological polar surface area (TPSA) is 71.1 Å². The molecule has 6 heteroatoms. The monoisotopic (exact) mass is 282 g/mol. The van der Waals surface area contributed by atoms with Gasteiger partial charge in [0, 0.05) is 7.11 Å². The van der Waals surface area contributed by atoms with Crippen LogP contribution in [0.3, 0.4) is 0 Å². The second kappa shape index (κ2) is 6.91. The Balaban J connectivity index is 3.21. The third-order valence-electron chi connectivity index (χ3n) is 2.94. The van der Waals surface area contributed by atoms with E-state index < -0.39 is 17.4 Å². The van der Waals surface area contributed by atoms with E-state index in [1.165, 1.54) is 28.3 Å². The first-order valence-electron chi connectivity index (χ1n) is 5.89. The Bertz CT molecular complexity index is 466. The summed E-state index contributed by atoms with van der Waals surface area (Å²) >= 11 is 0. The van der Waals surface area contributed by atoms with Gasteiger partial charge in [0.15, 0.2) is 12.2 Å². The zero-order valence-corrected chi connectivity index (χ0v) is 12.0. The molecular formula is C14H18O6. The highest BCUT2D eigenvalue weighted by atomic mass is 16.7. The van der Waals surface area contributed by atoms with Gasteiger partial charge in [-0.05, 0) is 24.6 Å². The van der Waals surface area contributed by atoms with Crippen molar-refractivity contribution in [2.75, 3.05) is 28.1 Å².